The van der Waals surface area contributed by atoms with Gasteiger partial charge in [-0.05, 0) is 19.1 Å². The van der Waals surface area contributed by atoms with Crippen LogP contribution in [0.25, 0.3) is 0 Å². The molecular weight excluding hydrogens is 288 g/mol. The van der Waals surface area contributed by atoms with Crippen LogP contribution in [0.3, 0.4) is 0 Å². The van der Waals surface area contributed by atoms with Gasteiger partial charge >= 0.3 is 5.97 Å². The summed E-state index contributed by atoms with van der Waals surface area (Å²) in [6, 6.07) is 3.29. The molecule has 0 aliphatic heterocycles. The molecule has 0 bridgehead atoms. The van der Waals surface area contributed by atoms with E-state index in [4.69, 9.17) is 9.84 Å². The van der Waals surface area contributed by atoms with Gasteiger partial charge in [0.05, 0.1) is 18.7 Å². The van der Waals surface area contributed by atoms with E-state index in [0.29, 0.717) is 11.4 Å². The molecular formula is C15H22N2O5. The van der Waals surface area contributed by atoms with Crippen molar-refractivity contribution in [3.05, 3.63) is 24.0 Å². The van der Waals surface area contributed by atoms with Crippen LogP contribution in [-0.2, 0) is 9.59 Å². The molecule has 1 aromatic heterocycles. The normalized spacial score (nSPS) is 12.6. The van der Waals surface area contributed by atoms with E-state index in [1.54, 1.807) is 39.1 Å². The average Bonchev–Trinajstić information content (AvgIpc) is 2.48. The first kappa shape index (κ1) is 18.1. The Labute approximate surface area is 129 Å². The lowest BCUT2D eigenvalue weighted by molar-refractivity contribution is -0.137. The SMILES string of the molecule is Cc1ncccc1OC(=O)CCNC(=O)[C@H](O)C(C)(C)CO. The topological polar surface area (TPSA) is 109 Å². The second-order valence-electron chi connectivity index (χ2n) is 5.65. The number of rotatable bonds is 7. The van der Waals surface area contributed by atoms with Gasteiger partial charge in [-0.1, -0.05) is 13.8 Å². The first-order valence-corrected chi connectivity index (χ1v) is 6.97. The number of amides is 1. The minimum atomic E-state index is -1.35. The predicted octanol–water partition coefficient (Wildman–Crippen LogP) is 0.181. The van der Waals surface area contributed by atoms with Crippen molar-refractivity contribution < 1.29 is 24.5 Å². The molecule has 7 heteroatoms. The van der Waals surface area contributed by atoms with Crippen molar-refractivity contribution in [2.45, 2.75) is 33.3 Å². The number of aliphatic hydroxyl groups is 2. The Morgan fingerprint density at radius 1 is 1.45 bits per heavy atom. The number of aliphatic hydroxyl groups excluding tert-OH is 2. The lowest BCUT2D eigenvalue weighted by Crippen LogP contribution is -2.46. The molecule has 122 valence electrons. The summed E-state index contributed by atoms with van der Waals surface area (Å²) >= 11 is 0. The van der Waals surface area contributed by atoms with Gasteiger partial charge in [0.2, 0.25) is 5.91 Å². The molecule has 0 aliphatic carbocycles. The Hall–Kier alpha value is -1.99. The van der Waals surface area contributed by atoms with Crippen LogP contribution in [0.2, 0.25) is 0 Å². The minimum absolute atomic E-state index is 0.0354. The smallest absolute Gasteiger partial charge is 0.313 e. The Balaban J connectivity index is 2.40. The van der Waals surface area contributed by atoms with Crippen molar-refractivity contribution in [1.29, 1.82) is 0 Å². The minimum Gasteiger partial charge on any atom is -0.425 e. The predicted molar refractivity (Wildman–Crippen MR) is 79.1 cm³/mol. The Morgan fingerprint density at radius 3 is 2.73 bits per heavy atom. The van der Waals surface area contributed by atoms with Crippen molar-refractivity contribution >= 4 is 11.9 Å². The molecule has 0 aliphatic rings. The van der Waals surface area contributed by atoms with Crippen LogP contribution in [-0.4, -0.2) is 46.3 Å². The molecule has 22 heavy (non-hydrogen) atoms. The summed E-state index contributed by atoms with van der Waals surface area (Å²) < 4.78 is 5.12. The van der Waals surface area contributed by atoms with Crippen LogP contribution in [0.5, 0.6) is 5.75 Å². The molecule has 3 N–H and O–H groups in total. The van der Waals surface area contributed by atoms with Gasteiger partial charge in [-0.15, -0.1) is 0 Å². The summed E-state index contributed by atoms with van der Waals surface area (Å²) in [7, 11) is 0. The summed E-state index contributed by atoms with van der Waals surface area (Å²) in [4.78, 5) is 27.4. The Morgan fingerprint density at radius 2 is 2.14 bits per heavy atom. The van der Waals surface area contributed by atoms with Crippen molar-refractivity contribution in [1.82, 2.24) is 10.3 Å². The number of carbonyl (C=O) groups is 2. The second kappa shape index (κ2) is 7.86. The van der Waals surface area contributed by atoms with E-state index >= 15 is 0 Å². The number of aromatic nitrogens is 1. The van der Waals surface area contributed by atoms with E-state index in [9.17, 15) is 14.7 Å². The number of ether oxygens (including phenoxy) is 1. The maximum atomic E-state index is 11.7. The van der Waals surface area contributed by atoms with E-state index in [0.717, 1.165) is 0 Å². The highest BCUT2D eigenvalue weighted by molar-refractivity contribution is 5.82. The molecule has 1 rings (SSSR count). The van der Waals surface area contributed by atoms with Crippen molar-refractivity contribution in [2.24, 2.45) is 5.41 Å². The van der Waals surface area contributed by atoms with E-state index in [2.05, 4.69) is 10.3 Å². The average molecular weight is 310 g/mol. The highest BCUT2D eigenvalue weighted by atomic mass is 16.5. The van der Waals surface area contributed by atoms with Gasteiger partial charge in [0.1, 0.15) is 6.10 Å². The lowest BCUT2D eigenvalue weighted by Gasteiger charge is -2.27. The molecule has 0 saturated heterocycles. The number of nitrogens with one attached hydrogen (secondary N) is 1. The van der Waals surface area contributed by atoms with Crippen LogP contribution in [0, 0.1) is 12.3 Å². The largest absolute Gasteiger partial charge is 0.425 e. The monoisotopic (exact) mass is 310 g/mol. The second-order valence-corrected chi connectivity index (χ2v) is 5.65. The fourth-order valence-corrected chi connectivity index (χ4v) is 1.58. The van der Waals surface area contributed by atoms with Crippen LogP contribution in [0.4, 0.5) is 0 Å². The summed E-state index contributed by atoms with van der Waals surface area (Å²) in [5, 5.41) is 21.3. The van der Waals surface area contributed by atoms with Gasteiger partial charge < -0.3 is 20.3 Å². The van der Waals surface area contributed by atoms with Crippen LogP contribution in [0.15, 0.2) is 18.3 Å². The van der Waals surface area contributed by atoms with Crippen LogP contribution >= 0.6 is 0 Å². The van der Waals surface area contributed by atoms with E-state index in [1.165, 1.54) is 0 Å². The first-order chi connectivity index (χ1) is 10.3. The zero-order chi connectivity index (χ0) is 16.8. The number of pyridine rings is 1. The Kier molecular flexibility index (Phi) is 6.45. The zero-order valence-electron chi connectivity index (χ0n) is 13.0. The Bertz CT molecular complexity index is 530. The summed E-state index contributed by atoms with van der Waals surface area (Å²) in [6.07, 6.45) is 0.206. The molecule has 1 aromatic rings. The number of nitrogens with zero attached hydrogens (tertiary/aromatic N) is 1. The van der Waals surface area contributed by atoms with Gasteiger partial charge in [-0.25, -0.2) is 0 Å². The summed E-state index contributed by atoms with van der Waals surface area (Å²) in [5.41, 5.74) is -0.350. The number of hydrogen-bond acceptors (Lipinski definition) is 6. The van der Waals surface area contributed by atoms with E-state index < -0.39 is 23.4 Å². The fourth-order valence-electron chi connectivity index (χ4n) is 1.58. The first-order valence-electron chi connectivity index (χ1n) is 6.97. The van der Waals surface area contributed by atoms with Gasteiger partial charge in [-0.2, -0.15) is 0 Å². The lowest BCUT2D eigenvalue weighted by atomic mass is 9.87. The summed E-state index contributed by atoms with van der Waals surface area (Å²) in [6.45, 7) is 4.56. The molecule has 7 nitrogen and oxygen atoms in total. The maximum Gasteiger partial charge on any atom is 0.313 e. The number of hydrogen-bond donors (Lipinski definition) is 3. The quantitative estimate of drug-likeness (QED) is 0.620. The maximum absolute atomic E-state index is 11.7. The van der Waals surface area contributed by atoms with Crippen LogP contribution < -0.4 is 10.1 Å². The van der Waals surface area contributed by atoms with Gasteiger partial charge in [0.15, 0.2) is 5.75 Å². The molecule has 1 amide bonds. The van der Waals surface area contributed by atoms with E-state index in [-0.39, 0.29) is 19.6 Å². The third-order valence-corrected chi connectivity index (χ3v) is 3.21. The van der Waals surface area contributed by atoms with E-state index in [1.807, 2.05) is 0 Å². The van der Waals surface area contributed by atoms with Crippen molar-refractivity contribution in [3.8, 4) is 5.75 Å². The van der Waals surface area contributed by atoms with Crippen LogP contribution in [0.1, 0.15) is 26.0 Å². The highest BCUT2D eigenvalue weighted by Gasteiger charge is 2.32. The standard InChI is InChI=1S/C15H22N2O5/c1-10-11(5-4-7-16-10)22-12(19)6-8-17-14(21)13(20)15(2,3)9-18/h4-5,7,13,18,20H,6,8-9H2,1-3H3,(H,17,21)/t13-/m0/s1. The molecule has 0 aromatic carbocycles. The molecule has 0 radical (unpaired) electrons. The van der Waals surface area contributed by atoms with Gasteiger partial charge in [-0.3, -0.25) is 14.6 Å². The molecule has 1 heterocycles. The number of esters is 1. The highest BCUT2D eigenvalue weighted by Crippen LogP contribution is 2.19. The molecule has 0 spiro atoms. The number of aryl methyl sites for hydroxylation is 1. The molecule has 1 atom stereocenters. The van der Waals surface area contributed by atoms with Gasteiger partial charge in [0.25, 0.3) is 0 Å². The third-order valence-electron chi connectivity index (χ3n) is 3.21. The van der Waals surface area contributed by atoms with Crippen molar-refractivity contribution in [2.75, 3.05) is 13.2 Å². The molecule has 0 fully saturated rings. The molecule has 0 unspecified atom stereocenters. The fraction of sp³-hybridized carbons (Fsp3) is 0.533. The molecule has 0 saturated carbocycles. The summed E-state index contributed by atoms with van der Waals surface area (Å²) in [5.74, 6) is -0.767. The third kappa shape index (κ3) is 5.09. The number of carbonyl (C=O) groups excluding carboxylic acids is 2. The zero-order valence-corrected chi connectivity index (χ0v) is 13.0. The van der Waals surface area contributed by atoms with Crippen molar-refractivity contribution in [3.63, 3.8) is 0 Å². The van der Waals surface area contributed by atoms with Gasteiger partial charge in [0, 0.05) is 18.2 Å².